The predicted molar refractivity (Wildman–Crippen MR) is 67.5 cm³/mol. The molecule has 94 valence electrons. The highest BCUT2D eigenvalue weighted by Crippen LogP contribution is 2.37. The Morgan fingerprint density at radius 3 is 2.72 bits per heavy atom. The summed E-state index contributed by atoms with van der Waals surface area (Å²) in [5, 5.41) is 12.8. The summed E-state index contributed by atoms with van der Waals surface area (Å²) in [4.78, 5) is 2.31. The molecule has 0 aliphatic carbocycles. The lowest BCUT2D eigenvalue weighted by Gasteiger charge is -2.50. The SMILES string of the molecule is N#CC1(Nc2cccc(F)c2)CN2CCC1CC2. The van der Waals surface area contributed by atoms with Crippen LogP contribution in [0.4, 0.5) is 10.1 Å². The smallest absolute Gasteiger partial charge is 0.141 e. The molecular formula is C14H16FN3. The Morgan fingerprint density at radius 2 is 2.17 bits per heavy atom. The number of piperidine rings is 3. The Labute approximate surface area is 106 Å². The van der Waals surface area contributed by atoms with Gasteiger partial charge in [-0.3, -0.25) is 4.90 Å². The molecule has 4 rings (SSSR count). The van der Waals surface area contributed by atoms with Crippen LogP contribution in [0.15, 0.2) is 24.3 Å². The molecule has 3 aliphatic heterocycles. The van der Waals surface area contributed by atoms with E-state index in [-0.39, 0.29) is 5.82 Å². The van der Waals surface area contributed by atoms with Gasteiger partial charge in [0.2, 0.25) is 0 Å². The van der Waals surface area contributed by atoms with E-state index in [1.165, 1.54) is 12.1 Å². The minimum Gasteiger partial charge on any atom is -0.366 e. The third-order valence-corrected chi connectivity index (χ3v) is 4.15. The van der Waals surface area contributed by atoms with E-state index >= 15 is 0 Å². The molecule has 4 heteroatoms. The van der Waals surface area contributed by atoms with Gasteiger partial charge in [-0.15, -0.1) is 0 Å². The van der Waals surface area contributed by atoms with Crippen LogP contribution < -0.4 is 5.32 Å². The topological polar surface area (TPSA) is 39.1 Å². The minimum atomic E-state index is -0.551. The second-order valence-electron chi connectivity index (χ2n) is 5.27. The summed E-state index contributed by atoms with van der Waals surface area (Å²) in [6.45, 7) is 2.91. The van der Waals surface area contributed by atoms with Crippen LogP contribution in [0.1, 0.15) is 12.8 Å². The summed E-state index contributed by atoms with van der Waals surface area (Å²) >= 11 is 0. The Kier molecular flexibility index (Phi) is 2.71. The van der Waals surface area contributed by atoms with Crippen LogP contribution in [0.5, 0.6) is 0 Å². The Hall–Kier alpha value is -1.60. The van der Waals surface area contributed by atoms with Crippen molar-refractivity contribution in [3.63, 3.8) is 0 Å². The summed E-state index contributed by atoms with van der Waals surface area (Å²) in [7, 11) is 0. The van der Waals surface area contributed by atoms with Gasteiger partial charge in [-0.25, -0.2) is 4.39 Å². The molecule has 1 unspecified atom stereocenters. The second kappa shape index (κ2) is 4.25. The summed E-state index contributed by atoms with van der Waals surface area (Å²) in [5.41, 5.74) is 0.148. The van der Waals surface area contributed by atoms with Crippen LogP contribution in [-0.4, -0.2) is 30.1 Å². The van der Waals surface area contributed by atoms with Crippen LogP contribution in [-0.2, 0) is 0 Å². The number of nitrogens with one attached hydrogen (secondary N) is 1. The van der Waals surface area contributed by atoms with Crippen molar-refractivity contribution in [2.45, 2.75) is 18.4 Å². The number of benzene rings is 1. The molecule has 3 aliphatic rings. The highest BCUT2D eigenvalue weighted by Gasteiger charge is 2.47. The number of hydrogen-bond donors (Lipinski definition) is 1. The van der Waals surface area contributed by atoms with E-state index in [4.69, 9.17) is 0 Å². The summed E-state index contributed by atoms with van der Waals surface area (Å²) in [5.74, 6) is 0.102. The lowest BCUT2D eigenvalue weighted by molar-refractivity contribution is 0.0674. The molecular weight excluding hydrogens is 229 g/mol. The molecule has 3 heterocycles. The Balaban J connectivity index is 1.87. The number of nitrogens with zero attached hydrogens (tertiary/aromatic N) is 2. The minimum absolute atomic E-state index is 0.269. The monoisotopic (exact) mass is 245 g/mol. The number of hydrogen-bond acceptors (Lipinski definition) is 3. The molecule has 0 spiro atoms. The molecule has 18 heavy (non-hydrogen) atoms. The zero-order valence-electron chi connectivity index (χ0n) is 10.2. The van der Waals surface area contributed by atoms with E-state index in [1.54, 1.807) is 6.07 Å². The fourth-order valence-corrected chi connectivity index (χ4v) is 3.19. The van der Waals surface area contributed by atoms with E-state index in [1.807, 2.05) is 6.07 Å². The summed E-state index contributed by atoms with van der Waals surface area (Å²) in [6, 6.07) is 8.80. The number of halogens is 1. The van der Waals surface area contributed by atoms with Gasteiger partial charge >= 0.3 is 0 Å². The first-order valence-electron chi connectivity index (χ1n) is 6.39. The lowest BCUT2D eigenvalue weighted by Crippen LogP contribution is -2.62. The van der Waals surface area contributed by atoms with Gasteiger partial charge < -0.3 is 5.32 Å². The van der Waals surface area contributed by atoms with Crippen molar-refractivity contribution in [2.24, 2.45) is 5.92 Å². The molecule has 0 saturated carbocycles. The first-order chi connectivity index (χ1) is 8.72. The van der Waals surface area contributed by atoms with Gasteiger partial charge in [0.15, 0.2) is 0 Å². The average molecular weight is 245 g/mol. The van der Waals surface area contributed by atoms with Crippen molar-refractivity contribution in [1.29, 1.82) is 5.26 Å². The van der Waals surface area contributed by atoms with E-state index in [0.29, 0.717) is 11.6 Å². The van der Waals surface area contributed by atoms with Gasteiger partial charge in [0.1, 0.15) is 11.4 Å². The van der Waals surface area contributed by atoms with Crippen molar-refractivity contribution < 1.29 is 4.39 Å². The summed E-state index contributed by atoms with van der Waals surface area (Å²) < 4.78 is 13.2. The number of nitriles is 1. The number of rotatable bonds is 2. The fourth-order valence-electron chi connectivity index (χ4n) is 3.19. The zero-order valence-corrected chi connectivity index (χ0v) is 10.2. The molecule has 2 bridgehead atoms. The fraction of sp³-hybridized carbons (Fsp3) is 0.500. The Morgan fingerprint density at radius 1 is 1.39 bits per heavy atom. The highest BCUT2D eigenvalue weighted by molar-refractivity contribution is 5.49. The molecule has 0 radical (unpaired) electrons. The van der Waals surface area contributed by atoms with E-state index < -0.39 is 5.54 Å². The first kappa shape index (κ1) is 11.5. The van der Waals surface area contributed by atoms with Crippen LogP contribution in [0.3, 0.4) is 0 Å². The summed E-state index contributed by atoms with van der Waals surface area (Å²) in [6.07, 6.45) is 2.10. The van der Waals surface area contributed by atoms with Crippen molar-refractivity contribution in [1.82, 2.24) is 4.90 Å². The maximum atomic E-state index is 13.2. The largest absolute Gasteiger partial charge is 0.366 e. The predicted octanol–water partition coefficient (Wildman–Crippen LogP) is 2.23. The van der Waals surface area contributed by atoms with E-state index in [9.17, 15) is 9.65 Å². The highest BCUT2D eigenvalue weighted by atomic mass is 19.1. The van der Waals surface area contributed by atoms with Crippen molar-refractivity contribution in [3.05, 3.63) is 30.1 Å². The van der Waals surface area contributed by atoms with Gasteiger partial charge in [0.25, 0.3) is 0 Å². The molecule has 0 aromatic heterocycles. The van der Waals surface area contributed by atoms with Crippen LogP contribution in [0.25, 0.3) is 0 Å². The molecule has 0 amide bonds. The molecule has 1 aromatic rings. The van der Waals surface area contributed by atoms with Crippen LogP contribution >= 0.6 is 0 Å². The molecule has 1 atom stereocenters. The normalized spacial score (nSPS) is 34.0. The molecule has 1 aromatic carbocycles. The van der Waals surface area contributed by atoms with Gasteiger partial charge in [-0.05, 0) is 50.0 Å². The van der Waals surface area contributed by atoms with E-state index in [0.717, 1.165) is 32.5 Å². The van der Waals surface area contributed by atoms with Crippen LogP contribution in [0, 0.1) is 23.1 Å². The van der Waals surface area contributed by atoms with Gasteiger partial charge in [0.05, 0.1) is 6.07 Å². The second-order valence-corrected chi connectivity index (χ2v) is 5.27. The van der Waals surface area contributed by atoms with Crippen molar-refractivity contribution in [2.75, 3.05) is 25.0 Å². The zero-order chi connectivity index (χ0) is 12.6. The third-order valence-electron chi connectivity index (χ3n) is 4.15. The maximum Gasteiger partial charge on any atom is 0.141 e. The molecule has 3 nitrogen and oxygen atoms in total. The van der Waals surface area contributed by atoms with E-state index in [2.05, 4.69) is 16.3 Å². The average Bonchev–Trinajstić information content (AvgIpc) is 2.40. The molecule has 3 saturated heterocycles. The lowest BCUT2D eigenvalue weighted by atomic mass is 9.73. The number of fused-ring (bicyclic) bond motifs is 3. The quantitative estimate of drug-likeness (QED) is 0.868. The van der Waals surface area contributed by atoms with Crippen molar-refractivity contribution in [3.8, 4) is 6.07 Å². The molecule has 1 N–H and O–H groups in total. The van der Waals surface area contributed by atoms with Gasteiger partial charge in [0, 0.05) is 12.2 Å². The Bertz CT molecular complexity index is 488. The van der Waals surface area contributed by atoms with Gasteiger partial charge in [-0.2, -0.15) is 5.26 Å². The standard InChI is InChI=1S/C14H16FN3/c15-12-2-1-3-13(8-12)17-14(9-16)10-18-6-4-11(14)5-7-18/h1-3,8,11,17H,4-7,10H2. The molecule has 3 fully saturated rings. The number of anilines is 1. The first-order valence-corrected chi connectivity index (χ1v) is 6.39. The maximum absolute atomic E-state index is 13.2. The van der Waals surface area contributed by atoms with Gasteiger partial charge in [-0.1, -0.05) is 6.07 Å². The van der Waals surface area contributed by atoms with Crippen molar-refractivity contribution >= 4 is 5.69 Å². The van der Waals surface area contributed by atoms with Crippen LogP contribution in [0.2, 0.25) is 0 Å². The third kappa shape index (κ3) is 1.85.